The first kappa shape index (κ1) is 18.4. The molecule has 0 fully saturated rings. The summed E-state index contributed by atoms with van der Waals surface area (Å²) in [5, 5.41) is 0. The summed E-state index contributed by atoms with van der Waals surface area (Å²) in [6.45, 7) is 3.47. The summed E-state index contributed by atoms with van der Waals surface area (Å²) < 4.78 is 32.5. The van der Waals surface area contributed by atoms with Gasteiger partial charge in [-0.3, -0.25) is 4.79 Å². The third kappa shape index (κ3) is 7.23. The largest absolute Gasteiger partial charge is 0.462 e. The summed E-state index contributed by atoms with van der Waals surface area (Å²) in [5.41, 5.74) is 0.676. The lowest BCUT2D eigenvalue weighted by Gasteiger charge is -2.18. The summed E-state index contributed by atoms with van der Waals surface area (Å²) in [6, 6.07) is 8.01. The normalized spacial score (nSPS) is 13.1. The lowest BCUT2D eigenvalue weighted by Crippen LogP contribution is -2.43. The van der Waals surface area contributed by atoms with E-state index in [0.717, 1.165) is 0 Å². The molecule has 0 aliphatic carbocycles. The molecule has 0 aliphatic rings. The fourth-order valence-corrected chi connectivity index (χ4v) is 3.69. The first-order valence-electron chi connectivity index (χ1n) is 6.64. The maximum Gasteiger partial charge on any atom is 0.324 e. The predicted octanol–water partition coefficient (Wildman–Crippen LogP) is 2.25. The quantitative estimate of drug-likeness (QED) is 0.394. The monoisotopic (exact) mass is 425 g/mol. The van der Waals surface area contributed by atoms with Gasteiger partial charge in [-0.05, 0) is 25.8 Å². The Bertz CT molecular complexity index is 545. The number of carbonyl (C=O) groups is 1. The van der Waals surface area contributed by atoms with Crippen molar-refractivity contribution in [2.24, 2.45) is 0 Å². The Balaban J connectivity index is 2.75. The Hall–Kier alpha value is -0.670. The Morgan fingerprint density at radius 1 is 1.29 bits per heavy atom. The van der Waals surface area contributed by atoms with Crippen LogP contribution in [0, 0.1) is 0 Å². The molecule has 0 bridgehead atoms. The third-order valence-corrected chi connectivity index (χ3v) is 4.54. The molecule has 0 amide bonds. The Kier molecular flexibility index (Phi) is 7.61. The zero-order chi connectivity index (χ0) is 15.9. The van der Waals surface area contributed by atoms with Crippen LogP contribution in [-0.4, -0.2) is 31.0 Å². The molecule has 5 nitrogen and oxygen atoms in total. The number of benzene rings is 1. The number of halogens is 1. The summed E-state index contributed by atoms with van der Waals surface area (Å²) in [7, 11) is -3.59. The standard InChI is InChI=1S/C14H20INO4S/c1-11(2)20-14(17)13(8-9-15)16-21(18,19)10-12-6-4-3-5-7-12/h3-7,11,13,16H,8-10H2,1-2H3/t13-/m1/s1. The fraction of sp³-hybridized carbons (Fsp3) is 0.500. The number of sulfonamides is 1. The minimum atomic E-state index is -3.59. The van der Waals surface area contributed by atoms with Crippen LogP contribution in [0.2, 0.25) is 0 Å². The molecule has 0 unspecified atom stereocenters. The molecule has 1 aromatic rings. The van der Waals surface area contributed by atoms with Gasteiger partial charge in [0.15, 0.2) is 0 Å². The van der Waals surface area contributed by atoms with Gasteiger partial charge in [-0.2, -0.15) is 0 Å². The summed E-state index contributed by atoms with van der Waals surface area (Å²) in [5.74, 6) is -0.682. The zero-order valence-electron chi connectivity index (χ0n) is 12.1. The van der Waals surface area contributed by atoms with Crippen LogP contribution in [0.4, 0.5) is 0 Å². The molecular formula is C14H20INO4S. The van der Waals surface area contributed by atoms with Gasteiger partial charge in [0, 0.05) is 4.43 Å². The Morgan fingerprint density at radius 3 is 2.43 bits per heavy atom. The van der Waals surface area contributed by atoms with Crippen molar-refractivity contribution in [1.82, 2.24) is 4.72 Å². The molecule has 0 aliphatic heterocycles. The third-order valence-electron chi connectivity index (χ3n) is 2.56. The maximum atomic E-state index is 12.2. The topological polar surface area (TPSA) is 72.5 Å². The highest BCUT2D eigenvalue weighted by atomic mass is 127. The maximum absolute atomic E-state index is 12.2. The molecule has 21 heavy (non-hydrogen) atoms. The Labute approximate surface area is 139 Å². The van der Waals surface area contributed by atoms with E-state index in [0.29, 0.717) is 16.4 Å². The number of carbonyl (C=O) groups excluding carboxylic acids is 1. The zero-order valence-corrected chi connectivity index (χ0v) is 15.1. The summed E-state index contributed by atoms with van der Waals surface area (Å²) in [4.78, 5) is 11.9. The number of nitrogens with one attached hydrogen (secondary N) is 1. The second-order valence-electron chi connectivity index (χ2n) is 4.88. The summed E-state index contributed by atoms with van der Waals surface area (Å²) >= 11 is 2.10. The minimum absolute atomic E-state index is 0.152. The van der Waals surface area contributed by atoms with Crippen LogP contribution in [0.5, 0.6) is 0 Å². The highest BCUT2D eigenvalue weighted by Gasteiger charge is 2.26. The number of hydrogen-bond donors (Lipinski definition) is 1. The molecule has 118 valence electrons. The van der Waals surface area contributed by atoms with Crippen molar-refractivity contribution in [3.05, 3.63) is 35.9 Å². The molecule has 0 saturated carbocycles. The van der Waals surface area contributed by atoms with Gasteiger partial charge in [0.25, 0.3) is 0 Å². The van der Waals surface area contributed by atoms with E-state index in [1.54, 1.807) is 38.1 Å². The van der Waals surface area contributed by atoms with Crippen molar-refractivity contribution in [3.63, 3.8) is 0 Å². The first-order chi connectivity index (χ1) is 9.84. The lowest BCUT2D eigenvalue weighted by molar-refractivity contribution is -0.149. The van der Waals surface area contributed by atoms with Gasteiger partial charge in [0.1, 0.15) is 6.04 Å². The van der Waals surface area contributed by atoms with Crippen LogP contribution in [-0.2, 0) is 25.3 Å². The smallest absolute Gasteiger partial charge is 0.324 e. The molecule has 1 aromatic carbocycles. The van der Waals surface area contributed by atoms with E-state index in [1.165, 1.54) is 0 Å². The van der Waals surface area contributed by atoms with Crippen LogP contribution in [0.15, 0.2) is 30.3 Å². The summed E-state index contributed by atoms with van der Waals surface area (Å²) in [6.07, 6.45) is 0.132. The van der Waals surface area contributed by atoms with E-state index in [1.807, 2.05) is 6.07 Å². The van der Waals surface area contributed by atoms with Gasteiger partial charge in [-0.15, -0.1) is 0 Å². The highest BCUT2D eigenvalue weighted by Crippen LogP contribution is 2.08. The van der Waals surface area contributed by atoms with E-state index in [-0.39, 0.29) is 11.9 Å². The van der Waals surface area contributed by atoms with Gasteiger partial charge < -0.3 is 4.74 Å². The molecule has 1 rings (SSSR count). The van der Waals surface area contributed by atoms with Crippen molar-refractivity contribution in [1.29, 1.82) is 0 Å². The van der Waals surface area contributed by atoms with E-state index in [4.69, 9.17) is 4.74 Å². The van der Waals surface area contributed by atoms with Crippen molar-refractivity contribution in [2.45, 2.75) is 38.2 Å². The average Bonchev–Trinajstić information content (AvgIpc) is 2.37. The number of alkyl halides is 1. The number of hydrogen-bond acceptors (Lipinski definition) is 4. The first-order valence-corrected chi connectivity index (χ1v) is 9.82. The van der Waals surface area contributed by atoms with Gasteiger partial charge in [-0.25, -0.2) is 13.1 Å². The van der Waals surface area contributed by atoms with Crippen molar-refractivity contribution < 1.29 is 17.9 Å². The molecule has 0 spiro atoms. The van der Waals surface area contributed by atoms with Crippen LogP contribution < -0.4 is 4.72 Å². The van der Waals surface area contributed by atoms with Gasteiger partial charge in [-0.1, -0.05) is 52.9 Å². The van der Waals surface area contributed by atoms with E-state index >= 15 is 0 Å². The van der Waals surface area contributed by atoms with Crippen molar-refractivity contribution in [3.8, 4) is 0 Å². The van der Waals surface area contributed by atoms with Gasteiger partial charge in [0.05, 0.1) is 11.9 Å². The second-order valence-corrected chi connectivity index (χ2v) is 7.71. The van der Waals surface area contributed by atoms with E-state index in [2.05, 4.69) is 27.3 Å². The van der Waals surface area contributed by atoms with Crippen molar-refractivity contribution >= 4 is 38.6 Å². The predicted molar refractivity (Wildman–Crippen MR) is 90.7 cm³/mol. The molecule has 1 N–H and O–H groups in total. The van der Waals surface area contributed by atoms with E-state index in [9.17, 15) is 13.2 Å². The van der Waals surface area contributed by atoms with Gasteiger partial charge in [0.2, 0.25) is 10.0 Å². The molecule has 7 heteroatoms. The average molecular weight is 425 g/mol. The fourth-order valence-electron chi connectivity index (χ4n) is 1.70. The van der Waals surface area contributed by atoms with Crippen LogP contribution in [0.25, 0.3) is 0 Å². The molecule has 0 aromatic heterocycles. The van der Waals surface area contributed by atoms with Crippen LogP contribution >= 0.6 is 22.6 Å². The van der Waals surface area contributed by atoms with Crippen molar-refractivity contribution in [2.75, 3.05) is 4.43 Å². The van der Waals surface area contributed by atoms with E-state index < -0.39 is 22.0 Å². The van der Waals surface area contributed by atoms with Gasteiger partial charge >= 0.3 is 5.97 Å². The molecular weight excluding hydrogens is 405 g/mol. The van der Waals surface area contributed by atoms with Crippen LogP contribution in [0.1, 0.15) is 25.8 Å². The Morgan fingerprint density at radius 2 is 1.90 bits per heavy atom. The second kappa shape index (κ2) is 8.70. The molecule has 1 atom stereocenters. The van der Waals surface area contributed by atoms with Crippen LogP contribution in [0.3, 0.4) is 0 Å². The molecule has 0 heterocycles. The number of esters is 1. The highest BCUT2D eigenvalue weighted by molar-refractivity contribution is 14.1. The number of rotatable bonds is 8. The minimum Gasteiger partial charge on any atom is -0.462 e. The molecule has 0 saturated heterocycles. The molecule has 0 radical (unpaired) electrons. The lowest BCUT2D eigenvalue weighted by atomic mass is 10.2. The number of ether oxygens (including phenoxy) is 1. The SMILES string of the molecule is CC(C)OC(=O)[C@@H](CCI)NS(=O)(=O)Cc1ccccc1.